The molecule has 40 valence electrons. The Hall–Kier alpha value is -0.420. The van der Waals surface area contributed by atoms with E-state index in [1.165, 1.54) is 0 Å². The van der Waals surface area contributed by atoms with Crippen LogP contribution in [0.25, 0.3) is 0 Å². The Labute approximate surface area is 50.5 Å². The summed E-state index contributed by atoms with van der Waals surface area (Å²) in [5, 5.41) is 14.4. The monoisotopic (exact) mass is 138 g/mol. The SMILES string of the molecule is OC(=S)OC(O)=S. The Bertz CT molecular complexity index is 87.1. The second-order valence-corrected chi connectivity index (χ2v) is 1.33. The summed E-state index contributed by atoms with van der Waals surface area (Å²) < 4.78 is 3.82. The first-order chi connectivity index (χ1) is 3.13. The van der Waals surface area contributed by atoms with E-state index >= 15 is 0 Å². The van der Waals surface area contributed by atoms with E-state index in [0.717, 1.165) is 0 Å². The number of hydrogen-bond acceptors (Lipinski definition) is 3. The molecule has 0 saturated carbocycles. The molecule has 0 aliphatic carbocycles. The van der Waals surface area contributed by atoms with Crippen molar-refractivity contribution in [2.24, 2.45) is 0 Å². The standard InChI is InChI=1S/C2H2O3S2/c3-1(6)5-2(4)7/h(H,3,6)(H,4,7). The van der Waals surface area contributed by atoms with Gasteiger partial charge in [-0.1, -0.05) is 0 Å². The van der Waals surface area contributed by atoms with E-state index in [2.05, 4.69) is 29.2 Å². The van der Waals surface area contributed by atoms with E-state index in [9.17, 15) is 0 Å². The van der Waals surface area contributed by atoms with Crippen molar-refractivity contribution in [1.29, 1.82) is 0 Å². The molecule has 0 unspecified atom stereocenters. The fourth-order valence-electron chi connectivity index (χ4n) is 0.0747. The van der Waals surface area contributed by atoms with Gasteiger partial charge in [-0.15, -0.1) is 0 Å². The first-order valence-corrected chi connectivity index (χ1v) is 2.08. The molecule has 3 nitrogen and oxygen atoms in total. The highest BCUT2D eigenvalue weighted by molar-refractivity contribution is 7.81. The summed E-state index contributed by atoms with van der Waals surface area (Å²) >= 11 is 7.92. The largest absolute Gasteiger partial charge is 0.472 e. The van der Waals surface area contributed by atoms with Crippen molar-refractivity contribution in [2.75, 3.05) is 0 Å². The Balaban J connectivity index is 3.32. The topological polar surface area (TPSA) is 49.7 Å². The Morgan fingerprint density at radius 2 is 1.43 bits per heavy atom. The predicted molar refractivity (Wildman–Crippen MR) is 31.5 cm³/mol. The van der Waals surface area contributed by atoms with E-state index < -0.39 is 10.5 Å². The third-order valence-electron chi connectivity index (χ3n) is 0.175. The van der Waals surface area contributed by atoms with Gasteiger partial charge >= 0.3 is 10.5 Å². The van der Waals surface area contributed by atoms with Crippen molar-refractivity contribution in [1.82, 2.24) is 0 Å². The minimum absolute atomic E-state index is 0.771. The molecule has 0 aromatic carbocycles. The molecule has 0 spiro atoms. The van der Waals surface area contributed by atoms with Gasteiger partial charge in [0, 0.05) is 24.4 Å². The first kappa shape index (κ1) is 6.58. The zero-order valence-electron chi connectivity index (χ0n) is 3.12. The van der Waals surface area contributed by atoms with Crippen molar-refractivity contribution in [3.05, 3.63) is 0 Å². The van der Waals surface area contributed by atoms with E-state index in [1.54, 1.807) is 0 Å². The maximum absolute atomic E-state index is 7.98. The minimum Gasteiger partial charge on any atom is -0.472 e. The molecule has 0 aromatic heterocycles. The molecule has 0 aliphatic heterocycles. The van der Waals surface area contributed by atoms with Crippen LogP contribution >= 0.6 is 24.4 Å². The second kappa shape index (κ2) is 2.70. The number of ether oxygens (including phenoxy) is 1. The summed E-state index contributed by atoms with van der Waals surface area (Å²) in [6.45, 7) is 0. The fraction of sp³-hybridized carbons (Fsp3) is 0. The molecular weight excluding hydrogens is 136 g/mol. The summed E-state index contributed by atoms with van der Waals surface area (Å²) in [4.78, 5) is 0. The molecule has 0 aromatic rings. The fourth-order valence-corrected chi connectivity index (χ4v) is 0.285. The Kier molecular flexibility index (Phi) is 2.54. The van der Waals surface area contributed by atoms with Gasteiger partial charge in [0.05, 0.1) is 0 Å². The molecule has 0 rings (SSSR count). The molecule has 0 aliphatic rings. The highest BCUT2D eigenvalue weighted by Crippen LogP contribution is 1.76. The average molecular weight is 138 g/mol. The van der Waals surface area contributed by atoms with E-state index in [1.807, 2.05) is 0 Å². The van der Waals surface area contributed by atoms with Crippen LogP contribution < -0.4 is 0 Å². The van der Waals surface area contributed by atoms with Gasteiger partial charge in [0.15, 0.2) is 0 Å². The van der Waals surface area contributed by atoms with Crippen LogP contribution in [-0.4, -0.2) is 20.7 Å². The lowest BCUT2D eigenvalue weighted by Crippen LogP contribution is -2.04. The lowest BCUT2D eigenvalue weighted by molar-refractivity contribution is 0.324. The van der Waals surface area contributed by atoms with Crippen LogP contribution in [0.15, 0.2) is 0 Å². The van der Waals surface area contributed by atoms with Crippen LogP contribution in [-0.2, 0) is 4.74 Å². The molecule has 0 heterocycles. The number of thiocarbonyl (C=S) groups is 2. The molecule has 5 heteroatoms. The van der Waals surface area contributed by atoms with Crippen molar-refractivity contribution < 1.29 is 14.9 Å². The number of hydrogen-bond donors (Lipinski definition) is 2. The van der Waals surface area contributed by atoms with Crippen molar-refractivity contribution >= 4 is 34.9 Å². The summed E-state index contributed by atoms with van der Waals surface area (Å²) in [7, 11) is 0. The van der Waals surface area contributed by atoms with Gasteiger partial charge in [-0.25, -0.2) is 0 Å². The molecule has 0 radical (unpaired) electrons. The Morgan fingerprint density at radius 3 is 1.43 bits per heavy atom. The summed E-state index contributed by atoms with van der Waals surface area (Å²) in [5.74, 6) is 0. The van der Waals surface area contributed by atoms with E-state index in [0.29, 0.717) is 0 Å². The predicted octanol–water partition coefficient (Wildman–Crippen LogP) is 0.689. The maximum Gasteiger partial charge on any atom is 0.358 e. The third-order valence-corrected chi connectivity index (χ3v) is 0.341. The second-order valence-electron chi connectivity index (χ2n) is 0.634. The maximum atomic E-state index is 7.98. The average Bonchev–Trinajstić information content (AvgIpc) is 1.27. The van der Waals surface area contributed by atoms with E-state index in [-0.39, 0.29) is 0 Å². The van der Waals surface area contributed by atoms with Gasteiger partial charge in [-0.05, 0) is 0 Å². The minimum atomic E-state index is -0.771. The zero-order valence-corrected chi connectivity index (χ0v) is 4.75. The van der Waals surface area contributed by atoms with Crippen LogP contribution in [0.3, 0.4) is 0 Å². The van der Waals surface area contributed by atoms with Gasteiger partial charge in [0.25, 0.3) is 0 Å². The summed E-state index contributed by atoms with van der Waals surface area (Å²) in [6.07, 6.45) is 0. The van der Waals surface area contributed by atoms with Crippen LogP contribution in [0.5, 0.6) is 0 Å². The summed E-state index contributed by atoms with van der Waals surface area (Å²) in [5.41, 5.74) is 0. The van der Waals surface area contributed by atoms with Crippen LogP contribution in [0.4, 0.5) is 0 Å². The normalized spacial score (nSPS) is 7.43. The van der Waals surface area contributed by atoms with Gasteiger partial charge in [0.1, 0.15) is 0 Å². The van der Waals surface area contributed by atoms with Gasteiger partial charge in [-0.3, -0.25) is 0 Å². The van der Waals surface area contributed by atoms with Crippen LogP contribution in [0.2, 0.25) is 0 Å². The third kappa shape index (κ3) is 5.58. The lowest BCUT2D eigenvalue weighted by Gasteiger charge is -1.91. The molecule has 0 atom stereocenters. The molecular formula is C2H2O3S2. The highest BCUT2D eigenvalue weighted by atomic mass is 32.1. The molecule has 0 fully saturated rings. The highest BCUT2D eigenvalue weighted by Gasteiger charge is 1.92. The van der Waals surface area contributed by atoms with Crippen molar-refractivity contribution in [3.8, 4) is 0 Å². The first-order valence-electron chi connectivity index (χ1n) is 1.26. The summed E-state index contributed by atoms with van der Waals surface area (Å²) in [6, 6.07) is 0. The lowest BCUT2D eigenvalue weighted by atomic mass is 11.3. The van der Waals surface area contributed by atoms with Gasteiger partial charge < -0.3 is 14.9 Å². The Morgan fingerprint density at radius 1 is 1.14 bits per heavy atom. The smallest absolute Gasteiger partial charge is 0.358 e. The van der Waals surface area contributed by atoms with Gasteiger partial charge in [-0.2, -0.15) is 0 Å². The van der Waals surface area contributed by atoms with Crippen molar-refractivity contribution in [3.63, 3.8) is 0 Å². The van der Waals surface area contributed by atoms with E-state index in [4.69, 9.17) is 10.2 Å². The van der Waals surface area contributed by atoms with Crippen molar-refractivity contribution in [2.45, 2.75) is 0 Å². The van der Waals surface area contributed by atoms with Gasteiger partial charge in [0.2, 0.25) is 0 Å². The van der Waals surface area contributed by atoms with Crippen LogP contribution in [0.1, 0.15) is 0 Å². The molecule has 0 saturated heterocycles. The number of aliphatic hydroxyl groups excluding tert-OH is 2. The molecule has 2 N–H and O–H groups in total. The zero-order chi connectivity index (χ0) is 5.86. The number of aliphatic hydroxyl groups is 2. The quantitative estimate of drug-likeness (QED) is 0.482. The molecule has 7 heavy (non-hydrogen) atoms. The van der Waals surface area contributed by atoms with Crippen LogP contribution in [0, 0.1) is 0 Å². The molecule has 0 bridgehead atoms. The number of rotatable bonds is 0. The molecule has 0 amide bonds.